The van der Waals surface area contributed by atoms with E-state index in [4.69, 9.17) is 4.74 Å². The predicted octanol–water partition coefficient (Wildman–Crippen LogP) is 3.88. The van der Waals surface area contributed by atoms with Gasteiger partial charge in [-0.3, -0.25) is 0 Å². The van der Waals surface area contributed by atoms with Gasteiger partial charge in [0.1, 0.15) is 11.9 Å². The fraction of sp³-hybridized carbons (Fsp3) is 0.368. The lowest BCUT2D eigenvalue weighted by Crippen LogP contribution is -2.03. The van der Waals surface area contributed by atoms with E-state index in [9.17, 15) is 5.11 Å². The Kier molecular flexibility index (Phi) is 3.73. The molecule has 1 aliphatic rings. The average Bonchev–Trinajstić information content (AvgIpc) is 2.93. The minimum absolute atomic E-state index is 0.570. The second-order valence-electron chi connectivity index (χ2n) is 5.97. The number of benzene rings is 2. The van der Waals surface area contributed by atoms with Crippen molar-refractivity contribution in [2.45, 2.75) is 39.2 Å². The van der Waals surface area contributed by atoms with Gasteiger partial charge in [-0.25, -0.2) is 0 Å². The first-order valence-electron chi connectivity index (χ1n) is 7.55. The number of aryl methyl sites for hydroxylation is 4. The molecule has 2 aromatic rings. The summed E-state index contributed by atoms with van der Waals surface area (Å²) in [6.45, 7) is 4.04. The third-order valence-electron chi connectivity index (χ3n) is 4.44. The van der Waals surface area contributed by atoms with Gasteiger partial charge in [0.15, 0.2) is 0 Å². The third kappa shape index (κ3) is 2.56. The molecule has 110 valence electrons. The topological polar surface area (TPSA) is 29.5 Å². The highest BCUT2D eigenvalue weighted by Crippen LogP contribution is 2.32. The summed E-state index contributed by atoms with van der Waals surface area (Å²) >= 11 is 0. The minimum Gasteiger partial charge on any atom is -0.496 e. The molecular formula is C19H22O2. The molecule has 0 aromatic heterocycles. The van der Waals surface area contributed by atoms with Gasteiger partial charge in [-0.05, 0) is 78.6 Å². The zero-order chi connectivity index (χ0) is 15.0. The second kappa shape index (κ2) is 5.53. The van der Waals surface area contributed by atoms with E-state index in [1.165, 1.54) is 24.0 Å². The fourth-order valence-electron chi connectivity index (χ4n) is 3.42. The van der Waals surface area contributed by atoms with Crippen LogP contribution in [-0.2, 0) is 12.8 Å². The second-order valence-corrected chi connectivity index (χ2v) is 5.97. The summed E-state index contributed by atoms with van der Waals surface area (Å²) in [5.74, 6) is 0.903. The average molecular weight is 282 g/mol. The van der Waals surface area contributed by atoms with E-state index < -0.39 is 6.10 Å². The number of hydrogen-bond donors (Lipinski definition) is 1. The molecule has 0 bridgehead atoms. The molecule has 1 N–H and O–H groups in total. The first kappa shape index (κ1) is 14.2. The summed E-state index contributed by atoms with van der Waals surface area (Å²) in [5, 5.41) is 10.7. The number of aliphatic hydroxyl groups excluding tert-OH is 1. The normalized spacial score (nSPS) is 14.9. The monoisotopic (exact) mass is 282 g/mol. The molecular weight excluding hydrogens is 260 g/mol. The van der Waals surface area contributed by atoms with Gasteiger partial charge >= 0.3 is 0 Å². The highest BCUT2D eigenvalue weighted by atomic mass is 16.5. The Labute approximate surface area is 126 Å². The Bertz CT molecular complexity index is 650. The molecule has 0 radical (unpaired) electrons. The Morgan fingerprint density at radius 1 is 0.952 bits per heavy atom. The zero-order valence-electron chi connectivity index (χ0n) is 12.9. The van der Waals surface area contributed by atoms with Crippen molar-refractivity contribution in [3.63, 3.8) is 0 Å². The Morgan fingerprint density at radius 2 is 1.62 bits per heavy atom. The molecule has 0 fully saturated rings. The quantitative estimate of drug-likeness (QED) is 0.925. The predicted molar refractivity (Wildman–Crippen MR) is 85.0 cm³/mol. The van der Waals surface area contributed by atoms with Crippen molar-refractivity contribution >= 4 is 0 Å². The molecule has 0 saturated carbocycles. The molecule has 21 heavy (non-hydrogen) atoms. The van der Waals surface area contributed by atoms with E-state index in [2.05, 4.69) is 18.2 Å². The van der Waals surface area contributed by atoms with E-state index in [1.807, 2.05) is 26.0 Å². The van der Waals surface area contributed by atoms with E-state index in [1.54, 1.807) is 7.11 Å². The van der Waals surface area contributed by atoms with Crippen molar-refractivity contribution < 1.29 is 9.84 Å². The van der Waals surface area contributed by atoms with Crippen LogP contribution in [0.25, 0.3) is 0 Å². The Morgan fingerprint density at radius 3 is 2.29 bits per heavy atom. The number of fused-ring (bicyclic) bond motifs is 1. The molecule has 0 amide bonds. The van der Waals surface area contributed by atoms with E-state index in [-0.39, 0.29) is 0 Å². The van der Waals surface area contributed by atoms with Gasteiger partial charge < -0.3 is 9.84 Å². The fourth-order valence-corrected chi connectivity index (χ4v) is 3.42. The van der Waals surface area contributed by atoms with Crippen molar-refractivity contribution in [2.75, 3.05) is 7.11 Å². The van der Waals surface area contributed by atoms with Gasteiger partial charge in [0.05, 0.1) is 7.11 Å². The highest BCUT2D eigenvalue weighted by Gasteiger charge is 2.17. The van der Waals surface area contributed by atoms with Crippen LogP contribution in [0.4, 0.5) is 0 Å². The van der Waals surface area contributed by atoms with Crippen LogP contribution in [0.15, 0.2) is 30.3 Å². The third-order valence-corrected chi connectivity index (χ3v) is 4.44. The summed E-state index contributed by atoms with van der Waals surface area (Å²) in [4.78, 5) is 0. The maximum atomic E-state index is 10.7. The molecule has 1 aliphatic carbocycles. The minimum atomic E-state index is -0.570. The van der Waals surface area contributed by atoms with E-state index >= 15 is 0 Å². The Hall–Kier alpha value is -1.80. The summed E-state index contributed by atoms with van der Waals surface area (Å²) in [5.41, 5.74) is 6.88. The van der Waals surface area contributed by atoms with Crippen LogP contribution in [0.3, 0.4) is 0 Å². The number of methoxy groups -OCH3 is 1. The van der Waals surface area contributed by atoms with Crippen molar-refractivity contribution in [1.29, 1.82) is 0 Å². The van der Waals surface area contributed by atoms with Gasteiger partial charge in [-0.2, -0.15) is 0 Å². The van der Waals surface area contributed by atoms with Gasteiger partial charge in [0.25, 0.3) is 0 Å². The Balaban J connectivity index is 1.97. The molecule has 2 aromatic carbocycles. The molecule has 0 heterocycles. The molecule has 2 nitrogen and oxygen atoms in total. The standard InChI is InChI=1S/C19H22O2/c1-12-9-17(10-13(2)19(12)21-3)18(20)16-8-7-14-5-4-6-15(14)11-16/h7-11,18,20H,4-6H2,1-3H3. The maximum absolute atomic E-state index is 10.7. The van der Waals surface area contributed by atoms with Crippen LogP contribution in [-0.4, -0.2) is 12.2 Å². The van der Waals surface area contributed by atoms with Gasteiger partial charge in [-0.15, -0.1) is 0 Å². The molecule has 3 rings (SSSR count). The summed E-state index contributed by atoms with van der Waals surface area (Å²) in [7, 11) is 1.69. The van der Waals surface area contributed by atoms with Crippen molar-refractivity contribution in [3.8, 4) is 5.75 Å². The van der Waals surface area contributed by atoms with Crippen molar-refractivity contribution in [1.82, 2.24) is 0 Å². The first-order chi connectivity index (χ1) is 10.1. The molecule has 0 spiro atoms. The number of ether oxygens (including phenoxy) is 1. The van der Waals surface area contributed by atoms with Crippen LogP contribution in [0, 0.1) is 13.8 Å². The lowest BCUT2D eigenvalue weighted by Gasteiger charge is -2.17. The molecule has 1 unspecified atom stereocenters. The number of hydrogen-bond acceptors (Lipinski definition) is 2. The molecule has 0 aliphatic heterocycles. The van der Waals surface area contributed by atoms with Gasteiger partial charge in [-0.1, -0.05) is 18.2 Å². The lowest BCUT2D eigenvalue weighted by molar-refractivity contribution is 0.220. The van der Waals surface area contributed by atoms with Gasteiger partial charge in [0.2, 0.25) is 0 Å². The maximum Gasteiger partial charge on any atom is 0.124 e. The summed E-state index contributed by atoms with van der Waals surface area (Å²) in [6.07, 6.45) is 2.97. The van der Waals surface area contributed by atoms with Crippen LogP contribution >= 0.6 is 0 Å². The smallest absolute Gasteiger partial charge is 0.124 e. The summed E-state index contributed by atoms with van der Waals surface area (Å²) < 4.78 is 5.40. The summed E-state index contributed by atoms with van der Waals surface area (Å²) in [6, 6.07) is 10.4. The molecule has 1 atom stereocenters. The van der Waals surface area contributed by atoms with Crippen molar-refractivity contribution in [3.05, 3.63) is 63.7 Å². The highest BCUT2D eigenvalue weighted by molar-refractivity contribution is 5.46. The van der Waals surface area contributed by atoms with Crippen molar-refractivity contribution in [2.24, 2.45) is 0 Å². The largest absolute Gasteiger partial charge is 0.496 e. The number of rotatable bonds is 3. The van der Waals surface area contributed by atoms with Crippen LogP contribution in [0.2, 0.25) is 0 Å². The molecule has 0 saturated heterocycles. The first-order valence-corrected chi connectivity index (χ1v) is 7.55. The SMILES string of the molecule is COc1c(C)cc(C(O)c2ccc3c(c2)CCC3)cc1C. The zero-order valence-corrected chi connectivity index (χ0v) is 12.9. The van der Waals surface area contributed by atoms with Crippen LogP contribution in [0.1, 0.15) is 45.9 Å². The number of aliphatic hydroxyl groups is 1. The molecule has 2 heteroatoms. The van der Waals surface area contributed by atoms with Crippen LogP contribution < -0.4 is 4.74 Å². The van der Waals surface area contributed by atoms with Gasteiger partial charge in [0, 0.05) is 0 Å². The van der Waals surface area contributed by atoms with E-state index in [0.717, 1.165) is 34.4 Å². The lowest BCUT2D eigenvalue weighted by atomic mass is 9.95. The van der Waals surface area contributed by atoms with Crippen LogP contribution in [0.5, 0.6) is 5.75 Å². The van der Waals surface area contributed by atoms with E-state index in [0.29, 0.717) is 0 Å².